The fourth-order valence-electron chi connectivity index (χ4n) is 2.37. The van der Waals surface area contributed by atoms with Gasteiger partial charge in [0.15, 0.2) is 0 Å². The summed E-state index contributed by atoms with van der Waals surface area (Å²) in [5.74, 6) is -1.32. The van der Waals surface area contributed by atoms with E-state index in [0.717, 1.165) is 11.6 Å². The maximum Gasteiger partial charge on any atom is 0.261 e. The summed E-state index contributed by atoms with van der Waals surface area (Å²) in [5, 5.41) is 0. The van der Waals surface area contributed by atoms with Gasteiger partial charge in [-0.3, -0.25) is 4.72 Å². The number of halogens is 2. The zero-order valence-electron chi connectivity index (χ0n) is 13.3. The maximum atomic E-state index is 13.8. The van der Waals surface area contributed by atoms with Crippen molar-refractivity contribution in [2.75, 3.05) is 4.72 Å². The number of aryl methyl sites for hydroxylation is 1. The van der Waals surface area contributed by atoms with Crippen molar-refractivity contribution in [2.45, 2.75) is 11.8 Å². The van der Waals surface area contributed by atoms with Crippen molar-refractivity contribution in [1.29, 1.82) is 0 Å². The summed E-state index contributed by atoms with van der Waals surface area (Å²) in [7, 11) is -3.70. The van der Waals surface area contributed by atoms with Crippen LogP contribution in [-0.2, 0) is 10.0 Å². The number of sulfonamides is 1. The topological polar surface area (TPSA) is 46.2 Å². The summed E-state index contributed by atoms with van der Waals surface area (Å²) in [5.41, 5.74) is 2.08. The monoisotopic (exact) mass is 359 g/mol. The first-order chi connectivity index (χ1) is 11.8. The first kappa shape index (κ1) is 17.1. The molecule has 0 radical (unpaired) electrons. The molecule has 25 heavy (non-hydrogen) atoms. The van der Waals surface area contributed by atoms with Gasteiger partial charge in [-0.25, -0.2) is 17.2 Å². The average Bonchev–Trinajstić information content (AvgIpc) is 2.56. The molecule has 0 aliphatic rings. The summed E-state index contributed by atoms with van der Waals surface area (Å²) >= 11 is 0. The molecule has 0 saturated heterocycles. The Labute approximate surface area is 145 Å². The van der Waals surface area contributed by atoms with E-state index in [2.05, 4.69) is 4.72 Å². The van der Waals surface area contributed by atoms with Crippen LogP contribution in [0.3, 0.4) is 0 Å². The fourth-order valence-corrected chi connectivity index (χ4v) is 3.43. The highest BCUT2D eigenvalue weighted by Crippen LogP contribution is 2.25. The van der Waals surface area contributed by atoms with Crippen LogP contribution in [0.1, 0.15) is 5.56 Å². The number of nitrogens with one attached hydrogen (secondary N) is 1. The zero-order valence-corrected chi connectivity index (χ0v) is 14.1. The molecule has 0 atom stereocenters. The molecule has 0 spiro atoms. The predicted molar refractivity (Wildman–Crippen MR) is 93.8 cm³/mol. The van der Waals surface area contributed by atoms with Crippen LogP contribution < -0.4 is 4.72 Å². The van der Waals surface area contributed by atoms with Crippen molar-refractivity contribution >= 4 is 15.7 Å². The highest BCUT2D eigenvalue weighted by molar-refractivity contribution is 7.92. The second-order valence-corrected chi connectivity index (χ2v) is 7.30. The lowest BCUT2D eigenvalue weighted by Crippen LogP contribution is -2.12. The van der Waals surface area contributed by atoms with E-state index in [1.807, 2.05) is 6.92 Å². The molecule has 0 aliphatic carbocycles. The van der Waals surface area contributed by atoms with Crippen molar-refractivity contribution in [3.05, 3.63) is 83.9 Å². The Balaban J connectivity index is 1.84. The molecule has 0 heterocycles. The largest absolute Gasteiger partial charge is 0.280 e. The van der Waals surface area contributed by atoms with Gasteiger partial charge in [0.25, 0.3) is 10.0 Å². The van der Waals surface area contributed by atoms with Gasteiger partial charge in [0.2, 0.25) is 0 Å². The predicted octanol–water partition coefficient (Wildman–Crippen LogP) is 4.74. The summed E-state index contributed by atoms with van der Waals surface area (Å²) in [4.78, 5) is 0.159. The van der Waals surface area contributed by atoms with E-state index in [1.165, 1.54) is 36.4 Å². The standard InChI is InChI=1S/C19H15F2NO2S/c1-13-2-9-17(10-3-13)25(23,24)22-16-7-4-14(5-8-16)18-11-6-15(20)12-19(18)21/h2-12,22H,1H3. The van der Waals surface area contributed by atoms with Gasteiger partial charge in [0, 0.05) is 17.3 Å². The summed E-state index contributed by atoms with van der Waals surface area (Å²) in [6.07, 6.45) is 0. The summed E-state index contributed by atoms with van der Waals surface area (Å²) in [6.45, 7) is 1.87. The Bertz CT molecular complexity index is 999. The number of rotatable bonds is 4. The Morgan fingerprint density at radius 2 is 1.48 bits per heavy atom. The SMILES string of the molecule is Cc1ccc(S(=O)(=O)Nc2ccc(-c3ccc(F)cc3F)cc2)cc1. The van der Waals surface area contributed by atoms with Gasteiger partial charge in [-0.2, -0.15) is 0 Å². The minimum Gasteiger partial charge on any atom is -0.280 e. The normalized spacial score (nSPS) is 11.3. The molecule has 128 valence electrons. The third-order valence-electron chi connectivity index (χ3n) is 3.71. The summed E-state index contributed by atoms with van der Waals surface area (Å²) < 4.78 is 54.0. The molecule has 0 bridgehead atoms. The van der Waals surface area contributed by atoms with Gasteiger partial charge in [-0.15, -0.1) is 0 Å². The van der Waals surface area contributed by atoms with Crippen molar-refractivity contribution in [1.82, 2.24) is 0 Å². The third kappa shape index (κ3) is 3.85. The molecule has 1 N–H and O–H groups in total. The second-order valence-electron chi connectivity index (χ2n) is 5.62. The molecule has 3 nitrogen and oxygen atoms in total. The first-order valence-electron chi connectivity index (χ1n) is 7.50. The Kier molecular flexibility index (Phi) is 4.55. The Hall–Kier alpha value is -2.73. The van der Waals surface area contributed by atoms with Crippen molar-refractivity contribution < 1.29 is 17.2 Å². The zero-order chi connectivity index (χ0) is 18.0. The van der Waals surface area contributed by atoms with Crippen LogP contribution in [0.2, 0.25) is 0 Å². The van der Waals surface area contributed by atoms with E-state index < -0.39 is 21.7 Å². The lowest BCUT2D eigenvalue weighted by Gasteiger charge is -2.10. The highest BCUT2D eigenvalue weighted by atomic mass is 32.2. The van der Waals surface area contributed by atoms with Crippen molar-refractivity contribution in [3.8, 4) is 11.1 Å². The molecule has 3 aromatic rings. The van der Waals surface area contributed by atoms with Crippen LogP contribution in [0, 0.1) is 18.6 Å². The Morgan fingerprint density at radius 1 is 0.840 bits per heavy atom. The molecule has 0 fully saturated rings. The number of hydrogen-bond acceptors (Lipinski definition) is 2. The van der Waals surface area contributed by atoms with E-state index in [4.69, 9.17) is 0 Å². The maximum absolute atomic E-state index is 13.8. The van der Waals surface area contributed by atoms with E-state index >= 15 is 0 Å². The first-order valence-corrected chi connectivity index (χ1v) is 8.98. The molecule has 3 aromatic carbocycles. The van der Waals surface area contributed by atoms with Crippen LogP contribution in [0.15, 0.2) is 71.6 Å². The minimum absolute atomic E-state index is 0.159. The molecule has 6 heteroatoms. The minimum atomic E-state index is -3.70. The lowest BCUT2D eigenvalue weighted by atomic mass is 10.0. The van der Waals surface area contributed by atoms with Crippen molar-refractivity contribution in [2.24, 2.45) is 0 Å². The average molecular weight is 359 g/mol. The number of hydrogen-bond donors (Lipinski definition) is 1. The lowest BCUT2D eigenvalue weighted by molar-refractivity contribution is 0.585. The van der Waals surface area contributed by atoms with Crippen LogP contribution in [-0.4, -0.2) is 8.42 Å². The molecule has 0 unspecified atom stereocenters. The van der Waals surface area contributed by atoms with Gasteiger partial charge in [-0.1, -0.05) is 29.8 Å². The van der Waals surface area contributed by atoms with Gasteiger partial charge >= 0.3 is 0 Å². The van der Waals surface area contributed by atoms with E-state index in [1.54, 1.807) is 24.3 Å². The quantitative estimate of drug-likeness (QED) is 0.731. The molecule has 0 amide bonds. The van der Waals surface area contributed by atoms with Crippen LogP contribution in [0.4, 0.5) is 14.5 Å². The van der Waals surface area contributed by atoms with Crippen LogP contribution >= 0.6 is 0 Å². The van der Waals surface area contributed by atoms with Gasteiger partial charge in [-0.05, 0) is 48.9 Å². The van der Waals surface area contributed by atoms with Crippen LogP contribution in [0.25, 0.3) is 11.1 Å². The van der Waals surface area contributed by atoms with E-state index in [0.29, 0.717) is 11.3 Å². The summed E-state index contributed by atoms with van der Waals surface area (Å²) in [6, 6.07) is 16.0. The number of anilines is 1. The Morgan fingerprint density at radius 3 is 2.08 bits per heavy atom. The van der Waals surface area contributed by atoms with E-state index in [9.17, 15) is 17.2 Å². The molecular formula is C19H15F2NO2S. The van der Waals surface area contributed by atoms with Gasteiger partial charge < -0.3 is 0 Å². The number of benzene rings is 3. The molecule has 0 saturated carbocycles. The molecule has 0 aliphatic heterocycles. The van der Waals surface area contributed by atoms with Crippen molar-refractivity contribution in [3.63, 3.8) is 0 Å². The second kappa shape index (κ2) is 6.64. The molecule has 3 rings (SSSR count). The molecular weight excluding hydrogens is 344 g/mol. The van der Waals surface area contributed by atoms with Gasteiger partial charge in [0.05, 0.1) is 4.90 Å². The van der Waals surface area contributed by atoms with E-state index in [-0.39, 0.29) is 10.5 Å². The van der Waals surface area contributed by atoms with Gasteiger partial charge in [0.1, 0.15) is 11.6 Å². The molecule has 0 aromatic heterocycles. The smallest absolute Gasteiger partial charge is 0.261 e. The third-order valence-corrected chi connectivity index (χ3v) is 5.11. The van der Waals surface area contributed by atoms with Crippen LogP contribution in [0.5, 0.6) is 0 Å². The fraction of sp³-hybridized carbons (Fsp3) is 0.0526. The highest BCUT2D eigenvalue weighted by Gasteiger charge is 2.14.